The smallest absolute Gasteiger partial charge is 0.191 e. The van der Waals surface area contributed by atoms with Gasteiger partial charge in [0.05, 0.1) is 11.4 Å². The maximum atomic E-state index is 5.73. The fourth-order valence-electron chi connectivity index (χ4n) is 3.26. The van der Waals surface area contributed by atoms with Gasteiger partial charge in [-0.15, -0.1) is 24.0 Å². The van der Waals surface area contributed by atoms with Crippen LogP contribution >= 0.6 is 24.0 Å². The van der Waals surface area contributed by atoms with Gasteiger partial charge in [0, 0.05) is 37.0 Å². The number of nitrogens with one attached hydrogen (secondary N) is 2. The average molecular weight is 531 g/mol. The van der Waals surface area contributed by atoms with Gasteiger partial charge >= 0.3 is 0 Å². The molecule has 7 heteroatoms. The molecule has 164 valence electrons. The van der Waals surface area contributed by atoms with Crippen LogP contribution in [0.25, 0.3) is 5.69 Å². The second-order valence-electron chi connectivity index (χ2n) is 6.88. The lowest BCUT2D eigenvalue weighted by molar-refractivity contribution is 0.358. The second kappa shape index (κ2) is 12.1. The van der Waals surface area contributed by atoms with Gasteiger partial charge < -0.3 is 15.4 Å². The summed E-state index contributed by atoms with van der Waals surface area (Å²) in [7, 11) is 1.77. The third-order valence-corrected chi connectivity index (χ3v) is 4.87. The van der Waals surface area contributed by atoms with Crippen LogP contribution in [-0.4, -0.2) is 29.4 Å². The van der Waals surface area contributed by atoms with Gasteiger partial charge in [0.15, 0.2) is 5.96 Å². The molecule has 1 aromatic heterocycles. The highest BCUT2D eigenvalue weighted by atomic mass is 127. The molecule has 0 saturated carbocycles. The summed E-state index contributed by atoms with van der Waals surface area (Å²) in [6, 6.07) is 18.1. The van der Waals surface area contributed by atoms with E-state index in [0.717, 1.165) is 39.9 Å². The average Bonchev–Trinajstić information content (AvgIpc) is 3.07. The Bertz CT molecular complexity index is 1010. The maximum absolute atomic E-state index is 5.73. The second-order valence-corrected chi connectivity index (χ2v) is 6.88. The fraction of sp³-hybridized carbons (Fsp3) is 0.250. The zero-order valence-electron chi connectivity index (χ0n) is 18.3. The lowest BCUT2D eigenvalue weighted by Crippen LogP contribution is -2.36. The third kappa shape index (κ3) is 6.33. The first-order valence-electron chi connectivity index (χ1n) is 10.0. The topological polar surface area (TPSA) is 63.5 Å². The number of halogens is 1. The summed E-state index contributed by atoms with van der Waals surface area (Å²) in [6.07, 6.45) is 1.74. The molecule has 0 atom stereocenters. The Morgan fingerprint density at radius 2 is 1.74 bits per heavy atom. The summed E-state index contributed by atoms with van der Waals surface area (Å²) < 4.78 is 7.71. The van der Waals surface area contributed by atoms with Crippen molar-refractivity contribution in [3.05, 3.63) is 89.8 Å². The van der Waals surface area contributed by atoms with Crippen molar-refractivity contribution in [3.63, 3.8) is 0 Å². The molecule has 0 bridgehead atoms. The van der Waals surface area contributed by atoms with E-state index in [1.165, 1.54) is 0 Å². The van der Waals surface area contributed by atoms with Crippen LogP contribution in [0.5, 0.6) is 5.75 Å². The van der Waals surface area contributed by atoms with E-state index in [2.05, 4.69) is 41.3 Å². The van der Waals surface area contributed by atoms with Crippen LogP contribution in [0.4, 0.5) is 0 Å². The van der Waals surface area contributed by atoms with E-state index in [1.807, 2.05) is 54.1 Å². The molecule has 1 heterocycles. The van der Waals surface area contributed by atoms with E-state index in [9.17, 15) is 0 Å². The van der Waals surface area contributed by atoms with Gasteiger partial charge in [-0.1, -0.05) is 49.1 Å². The van der Waals surface area contributed by atoms with E-state index in [4.69, 9.17) is 9.84 Å². The normalized spacial score (nSPS) is 10.9. The van der Waals surface area contributed by atoms with Gasteiger partial charge in [-0.3, -0.25) is 4.99 Å². The fourth-order valence-corrected chi connectivity index (χ4v) is 3.26. The molecule has 0 fully saturated rings. The number of guanidine groups is 1. The summed E-state index contributed by atoms with van der Waals surface area (Å²) in [4.78, 5) is 4.34. The molecule has 6 nitrogen and oxygen atoms in total. The van der Waals surface area contributed by atoms with Gasteiger partial charge in [-0.05, 0) is 32.0 Å². The van der Waals surface area contributed by atoms with Crippen molar-refractivity contribution >= 4 is 29.9 Å². The molecule has 3 rings (SSSR count). The summed E-state index contributed by atoms with van der Waals surface area (Å²) in [5.41, 5.74) is 5.40. The van der Waals surface area contributed by atoms with Crippen molar-refractivity contribution in [2.24, 2.45) is 4.99 Å². The number of aryl methyl sites for hydroxylation is 1. The van der Waals surface area contributed by atoms with Crippen LogP contribution < -0.4 is 15.4 Å². The van der Waals surface area contributed by atoms with E-state index in [-0.39, 0.29) is 24.0 Å². The van der Waals surface area contributed by atoms with E-state index >= 15 is 0 Å². The summed E-state index contributed by atoms with van der Waals surface area (Å²) in [5.74, 6) is 1.57. The molecule has 2 N–H and O–H groups in total. The highest BCUT2D eigenvalue weighted by molar-refractivity contribution is 14.0. The molecular formula is C24H30IN5O. The number of para-hydroxylation sites is 2. The molecule has 0 aliphatic heterocycles. The molecule has 31 heavy (non-hydrogen) atoms. The molecule has 2 aromatic carbocycles. The Morgan fingerprint density at radius 3 is 2.45 bits per heavy atom. The lowest BCUT2D eigenvalue weighted by Gasteiger charge is -2.14. The highest BCUT2D eigenvalue weighted by Crippen LogP contribution is 2.19. The molecule has 0 aliphatic rings. The standard InChI is InChI=1S/C24H29N5O.HI/c1-5-15-30-23-14-10-9-11-20(23)16-26-24(25-4)27-17-22-18(2)28-29(19(22)3)21-12-7-6-8-13-21;/h5-14H,1,15-17H2,2-4H3,(H2,25,26,27);1H. The van der Waals surface area contributed by atoms with Crippen molar-refractivity contribution in [3.8, 4) is 11.4 Å². The van der Waals surface area contributed by atoms with Crippen LogP contribution in [0.2, 0.25) is 0 Å². The van der Waals surface area contributed by atoms with Gasteiger partial charge in [0.1, 0.15) is 12.4 Å². The van der Waals surface area contributed by atoms with Crippen molar-refractivity contribution in [2.45, 2.75) is 26.9 Å². The molecule has 0 amide bonds. The van der Waals surface area contributed by atoms with Crippen LogP contribution in [0.1, 0.15) is 22.5 Å². The minimum Gasteiger partial charge on any atom is -0.489 e. The molecule has 0 radical (unpaired) electrons. The first kappa shape index (κ1) is 24.5. The molecule has 0 unspecified atom stereocenters. The SMILES string of the molecule is C=CCOc1ccccc1CNC(=NC)NCc1c(C)nn(-c2ccccc2)c1C.I. The third-order valence-electron chi connectivity index (χ3n) is 4.87. The summed E-state index contributed by atoms with van der Waals surface area (Å²) >= 11 is 0. The molecule has 0 saturated heterocycles. The number of benzene rings is 2. The number of ether oxygens (including phenoxy) is 1. The molecule has 3 aromatic rings. The minimum absolute atomic E-state index is 0. The van der Waals surface area contributed by atoms with Crippen LogP contribution in [0, 0.1) is 13.8 Å². The number of rotatable bonds is 8. The number of aliphatic imine (C=N–C) groups is 1. The zero-order valence-corrected chi connectivity index (χ0v) is 20.6. The van der Waals surface area contributed by atoms with Crippen molar-refractivity contribution in [1.82, 2.24) is 20.4 Å². The quantitative estimate of drug-likeness (QED) is 0.194. The van der Waals surface area contributed by atoms with Crippen LogP contribution in [0.3, 0.4) is 0 Å². The number of nitrogens with zero attached hydrogens (tertiary/aromatic N) is 3. The summed E-state index contributed by atoms with van der Waals surface area (Å²) in [5, 5.41) is 11.5. The molecule has 0 spiro atoms. The lowest BCUT2D eigenvalue weighted by atomic mass is 10.2. The Kier molecular flexibility index (Phi) is 9.58. The van der Waals surface area contributed by atoms with Gasteiger partial charge in [0.2, 0.25) is 0 Å². The maximum Gasteiger partial charge on any atom is 0.191 e. The molecular weight excluding hydrogens is 501 g/mol. The Morgan fingerprint density at radius 1 is 1.06 bits per heavy atom. The number of hydrogen-bond acceptors (Lipinski definition) is 3. The van der Waals surface area contributed by atoms with Gasteiger partial charge in [-0.2, -0.15) is 5.10 Å². The predicted octanol–water partition coefficient (Wildman–Crippen LogP) is 4.54. The Labute approximate surface area is 201 Å². The Hall–Kier alpha value is -2.81. The van der Waals surface area contributed by atoms with Crippen LogP contribution in [-0.2, 0) is 13.1 Å². The minimum atomic E-state index is 0. The van der Waals surface area contributed by atoms with Crippen molar-refractivity contribution < 1.29 is 4.74 Å². The highest BCUT2D eigenvalue weighted by Gasteiger charge is 2.13. The zero-order chi connectivity index (χ0) is 21.3. The number of aromatic nitrogens is 2. The summed E-state index contributed by atoms with van der Waals surface area (Å²) in [6.45, 7) is 9.55. The van der Waals surface area contributed by atoms with E-state index in [0.29, 0.717) is 19.7 Å². The Balaban J connectivity index is 0.00000341. The first-order valence-corrected chi connectivity index (χ1v) is 10.0. The van der Waals surface area contributed by atoms with E-state index in [1.54, 1.807) is 13.1 Å². The van der Waals surface area contributed by atoms with E-state index < -0.39 is 0 Å². The largest absolute Gasteiger partial charge is 0.489 e. The predicted molar refractivity (Wildman–Crippen MR) is 138 cm³/mol. The first-order chi connectivity index (χ1) is 14.6. The van der Waals surface area contributed by atoms with Crippen LogP contribution in [0.15, 0.2) is 72.2 Å². The number of hydrogen-bond donors (Lipinski definition) is 2. The molecule has 0 aliphatic carbocycles. The van der Waals surface area contributed by atoms with Gasteiger partial charge in [-0.25, -0.2) is 4.68 Å². The van der Waals surface area contributed by atoms with Gasteiger partial charge in [0.25, 0.3) is 0 Å². The monoisotopic (exact) mass is 531 g/mol. The van der Waals surface area contributed by atoms with Crippen molar-refractivity contribution in [2.75, 3.05) is 13.7 Å². The van der Waals surface area contributed by atoms with Crippen molar-refractivity contribution in [1.29, 1.82) is 0 Å².